The molecule has 0 aliphatic heterocycles. The molecule has 0 spiro atoms. The Hall–Kier alpha value is -3.30. The van der Waals surface area contributed by atoms with Crippen LogP contribution in [0.25, 0.3) is 32.9 Å². The molecule has 0 aliphatic carbocycles. The maximum Gasteiger partial charge on any atom is 0.178 e. The Kier molecular flexibility index (Phi) is 5.50. The molecule has 0 radical (unpaired) electrons. The van der Waals surface area contributed by atoms with Gasteiger partial charge in [-0.3, -0.25) is 4.79 Å². The van der Waals surface area contributed by atoms with Crippen LogP contribution in [-0.4, -0.2) is 10.8 Å². The zero-order valence-corrected chi connectivity index (χ0v) is 17.2. The third-order valence-electron chi connectivity index (χ3n) is 4.86. The quantitative estimate of drug-likeness (QED) is 0.345. The highest BCUT2D eigenvalue weighted by molar-refractivity contribution is 7.21. The van der Waals surface area contributed by atoms with Crippen molar-refractivity contribution in [2.45, 2.75) is 13.8 Å². The summed E-state index contributed by atoms with van der Waals surface area (Å²) in [5.74, 6) is -0.0292. The zero-order valence-electron chi connectivity index (χ0n) is 16.4. The number of hydrogen-bond acceptors (Lipinski definition) is 3. The van der Waals surface area contributed by atoms with Gasteiger partial charge < -0.3 is 0 Å². The van der Waals surface area contributed by atoms with E-state index in [1.165, 1.54) is 15.8 Å². The van der Waals surface area contributed by atoms with Gasteiger partial charge in [-0.25, -0.2) is 4.98 Å². The van der Waals surface area contributed by atoms with Gasteiger partial charge in [0.15, 0.2) is 5.78 Å². The lowest BCUT2D eigenvalue weighted by Crippen LogP contribution is -1.86. The molecule has 2 nitrogen and oxygen atoms in total. The normalized spacial score (nSPS) is 11.7. The van der Waals surface area contributed by atoms with Crippen LogP contribution in [0.1, 0.15) is 22.3 Å². The van der Waals surface area contributed by atoms with Crippen molar-refractivity contribution in [2.75, 3.05) is 0 Å². The number of thiazole rings is 1. The molecule has 0 saturated heterocycles. The van der Waals surface area contributed by atoms with E-state index in [1.807, 2.05) is 60.7 Å². The molecule has 0 unspecified atom stereocenters. The van der Waals surface area contributed by atoms with Crippen molar-refractivity contribution in [3.05, 3.63) is 101 Å². The molecule has 0 saturated carbocycles. The first-order valence-electron chi connectivity index (χ1n) is 9.52. The van der Waals surface area contributed by atoms with Crippen molar-refractivity contribution >= 4 is 39.5 Å². The minimum absolute atomic E-state index is 0.0292. The summed E-state index contributed by atoms with van der Waals surface area (Å²) < 4.78 is 1.19. The molecule has 0 bridgehead atoms. The van der Waals surface area contributed by atoms with Gasteiger partial charge in [0, 0.05) is 5.56 Å². The van der Waals surface area contributed by atoms with E-state index in [2.05, 4.69) is 37.0 Å². The van der Waals surface area contributed by atoms with E-state index >= 15 is 0 Å². The maximum absolute atomic E-state index is 12.1. The van der Waals surface area contributed by atoms with Crippen LogP contribution in [0.5, 0.6) is 0 Å². The molecule has 142 valence electrons. The number of para-hydroxylation sites is 1. The van der Waals surface area contributed by atoms with Crippen LogP contribution in [0.15, 0.2) is 78.9 Å². The van der Waals surface area contributed by atoms with Gasteiger partial charge in [0.25, 0.3) is 0 Å². The van der Waals surface area contributed by atoms with Gasteiger partial charge in [-0.15, -0.1) is 11.3 Å². The van der Waals surface area contributed by atoms with Crippen LogP contribution >= 0.6 is 11.3 Å². The summed E-state index contributed by atoms with van der Waals surface area (Å²) in [6.45, 7) is 4.16. The van der Waals surface area contributed by atoms with E-state index in [1.54, 1.807) is 23.5 Å². The summed E-state index contributed by atoms with van der Waals surface area (Å²) in [5.41, 5.74) is 6.62. The minimum Gasteiger partial charge on any atom is -0.290 e. The molecule has 0 fully saturated rings. The van der Waals surface area contributed by atoms with Gasteiger partial charge in [-0.2, -0.15) is 0 Å². The summed E-state index contributed by atoms with van der Waals surface area (Å²) >= 11 is 1.69. The van der Waals surface area contributed by atoms with Crippen LogP contribution < -0.4 is 0 Å². The number of aryl methyl sites for hydroxylation is 2. The first-order valence-corrected chi connectivity index (χ1v) is 10.3. The Balaban J connectivity index is 1.43. The lowest BCUT2D eigenvalue weighted by atomic mass is 10.1. The fourth-order valence-electron chi connectivity index (χ4n) is 3.01. The van der Waals surface area contributed by atoms with E-state index in [4.69, 9.17) is 0 Å². The molecular formula is C26H21NOS. The van der Waals surface area contributed by atoms with Gasteiger partial charge in [-0.1, -0.05) is 66.7 Å². The van der Waals surface area contributed by atoms with E-state index in [0.717, 1.165) is 27.2 Å². The van der Waals surface area contributed by atoms with Crippen molar-refractivity contribution in [1.82, 2.24) is 4.98 Å². The fraction of sp³-hybridized carbons (Fsp3) is 0.0769. The van der Waals surface area contributed by atoms with Crippen molar-refractivity contribution in [3.63, 3.8) is 0 Å². The molecule has 0 amide bonds. The van der Waals surface area contributed by atoms with Gasteiger partial charge in [-0.05, 0) is 60.4 Å². The summed E-state index contributed by atoms with van der Waals surface area (Å²) in [5, 5.41) is 1.01. The summed E-state index contributed by atoms with van der Waals surface area (Å²) in [6, 6.07) is 22.5. The first kappa shape index (κ1) is 19.0. The Morgan fingerprint density at radius 3 is 2.24 bits per heavy atom. The third kappa shape index (κ3) is 4.58. The van der Waals surface area contributed by atoms with E-state index in [-0.39, 0.29) is 5.78 Å². The fourth-order valence-corrected chi connectivity index (χ4v) is 3.98. The van der Waals surface area contributed by atoms with Crippen molar-refractivity contribution in [1.29, 1.82) is 0 Å². The van der Waals surface area contributed by atoms with Crippen LogP contribution in [0.2, 0.25) is 0 Å². The summed E-state index contributed by atoms with van der Waals surface area (Å²) in [4.78, 5) is 16.8. The number of nitrogens with zero attached hydrogens (tertiary/aromatic N) is 1. The Morgan fingerprint density at radius 2 is 1.52 bits per heavy atom. The standard InChI is InChI=1S/C26H21NOS/c1-18-7-8-21(17-19(18)2)12-16-23(28)15-11-20-9-13-22(14-10-20)26-27-24-5-3-4-6-25(24)29-26/h3-17H,1-2H3. The van der Waals surface area contributed by atoms with Crippen molar-refractivity contribution in [2.24, 2.45) is 0 Å². The Morgan fingerprint density at radius 1 is 0.828 bits per heavy atom. The Labute approximate surface area is 174 Å². The molecular weight excluding hydrogens is 374 g/mol. The second-order valence-electron chi connectivity index (χ2n) is 7.02. The first-order chi connectivity index (χ1) is 14.1. The molecule has 4 rings (SSSR count). The third-order valence-corrected chi connectivity index (χ3v) is 5.95. The number of benzene rings is 3. The van der Waals surface area contributed by atoms with Gasteiger partial charge in [0.2, 0.25) is 0 Å². The Bertz CT molecular complexity index is 1200. The predicted octanol–water partition coefficient (Wildman–Crippen LogP) is 6.88. The van der Waals surface area contributed by atoms with E-state index in [9.17, 15) is 4.79 Å². The monoisotopic (exact) mass is 395 g/mol. The molecule has 29 heavy (non-hydrogen) atoms. The van der Waals surface area contributed by atoms with Crippen molar-refractivity contribution < 1.29 is 4.79 Å². The number of ketones is 1. The predicted molar refractivity (Wildman–Crippen MR) is 124 cm³/mol. The highest BCUT2D eigenvalue weighted by Gasteiger charge is 2.05. The number of fused-ring (bicyclic) bond motifs is 1. The molecule has 1 heterocycles. The highest BCUT2D eigenvalue weighted by Crippen LogP contribution is 2.30. The lowest BCUT2D eigenvalue weighted by molar-refractivity contribution is -0.110. The molecule has 0 N–H and O–H groups in total. The number of aromatic nitrogens is 1. The second-order valence-corrected chi connectivity index (χ2v) is 8.05. The number of carbonyl (C=O) groups is 1. The zero-order chi connectivity index (χ0) is 20.2. The number of carbonyl (C=O) groups excluding carboxylic acids is 1. The van der Waals surface area contributed by atoms with Crippen LogP contribution in [-0.2, 0) is 4.79 Å². The smallest absolute Gasteiger partial charge is 0.178 e. The molecule has 4 aromatic rings. The number of allylic oxidation sites excluding steroid dienone is 2. The van der Waals surface area contributed by atoms with Crippen molar-refractivity contribution in [3.8, 4) is 10.6 Å². The average Bonchev–Trinajstić information content (AvgIpc) is 3.18. The number of hydrogen-bond donors (Lipinski definition) is 0. The average molecular weight is 396 g/mol. The molecule has 1 aromatic heterocycles. The van der Waals surface area contributed by atoms with Crippen LogP contribution in [0.4, 0.5) is 0 Å². The van der Waals surface area contributed by atoms with Crippen LogP contribution in [0.3, 0.4) is 0 Å². The van der Waals surface area contributed by atoms with Gasteiger partial charge >= 0.3 is 0 Å². The lowest BCUT2D eigenvalue weighted by Gasteiger charge is -2.00. The second kappa shape index (κ2) is 8.38. The summed E-state index contributed by atoms with van der Waals surface area (Å²) in [6.07, 6.45) is 6.91. The maximum atomic E-state index is 12.1. The number of rotatable bonds is 5. The SMILES string of the molecule is Cc1ccc(C=CC(=O)C=Cc2ccc(-c3nc4ccccc4s3)cc2)cc1C. The van der Waals surface area contributed by atoms with Gasteiger partial charge in [0.05, 0.1) is 10.2 Å². The van der Waals surface area contributed by atoms with Crippen LogP contribution in [0, 0.1) is 13.8 Å². The molecule has 0 aliphatic rings. The topological polar surface area (TPSA) is 30.0 Å². The summed E-state index contributed by atoms with van der Waals surface area (Å²) in [7, 11) is 0. The molecule has 0 atom stereocenters. The van der Waals surface area contributed by atoms with E-state index < -0.39 is 0 Å². The molecule has 3 aromatic carbocycles. The highest BCUT2D eigenvalue weighted by atomic mass is 32.1. The van der Waals surface area contributed by atoms with Gasteiger partial charge in [0.1, 0.15) is 5.01 Å². The largest absolute Gasteiger partial charge is 0.290 e. The van der Waals surface area contributed by atoms with E-state index in [0.29, 0.717) is 0 Å². The molecule has 3 heteroatoms. The minimum atomic E-state index is -0.0292.